The topological polar surface area (TPSA) is 118 Å². The molecule has 4 rings (SSSR count). The lowest BCUT2D eigenvalue weighted by molar-refractivity contribution is 0.281. The predicted octanol–water partition coefficient (Wildman–Crippen LogP) is 4.47. The summed E-state index contributed by atoms with van der Waals surface area (Å²) in [7, 11) is -4.25. The molecule has 2 aromatic carbocycles. The predicted molar refractivity (Wildman–Crippen MR) is 117 cm³/mol. The SMILES string of the molecule is Cc1cc(CO)c(Cl)c(S(=O)(=O)Nc2cccc(-c3coc4ccnc(N)c34)c2F)c1. The average Bonchev–Trinajstić information content (AvgIpc) is 3.16. The smallest absolute Gasteiger partial charge is 0.263 e. The van der Waals surface area contributed by atoms with E-state index in [9.17, 15) is 13.5 Å². The fourth-order valence-corrected chi connectivity index (χ4v) is 5.08. The van der Waals surface area contributed by atoms with E-state index in [1.165, 1.54) is 36.7 Å². The number of sulfonamides is 1. The van der Waals surface area contributed by atoms with Crippen molar-refractivity contribution in [2.75, 3.05) is 10.5 Å². The van der Waals surface area contributed by atoms with Crippen molar-refractivity contribution in [3.05, 3.63) is 70.8 Å². The van der Waals surface area contributed by atoms with Crippen LogP contribution in [0.3, 0.4) is 0 Å². The number of aliphatic hydroxyl groups is 1. The van der Waals surface area contributed by atoms with Gasteiger partial charge in [0, 0.05) is 17.3 Å². The van der Waals surface area contributed by atoms with Crippen molar-refractivity contribution in [1.29, 1.82) is 0 Å². The third-order valence-corrected chi connectivity index (χ3v) is 6.72. The lowest BCUT2D eigenvalue weighted by atomic mass is 10.0. The number of nitrogen functional groups attached to an aromatic ring is 1. The molecule has 7 nitrogen and oxygen atoms in total. The van der Waals surface area contributed by atoms with Gasteiger partial charge in [-0.1, -0.05) is 29.8 Å². The first-order chi connectivity index (χ1) is 14.7. The van der Waals surface area contributed by atoms with E-state index in [-0.39, 0.29) is 32.6 Å². The fourth-order valence-electron chi connectivity index (χ4n) is 3.35. The molecule has 0 amide bonds. The van der Waals surface area contributed by atoms with Crippen LogP contribution in [-0.4, -0.2) is 18.5 Å². The summed E-state index contributed by atoms with van der Waals surface area (Å²) >= 11 is 6.16. The molecule has 160 valence electrons. The highest BCUT2D eigenvalue weighted by Gasteiger charge is 2.24. The van der Waals surface area contributed by atoms with Crippen LogP contribution in [-0.2, 0) is 16.6 Å². The second kappa shape index (κ2) is 7.84. The molecule has 0 aliphatic rings. The highest BCUT2D eigenvalue weighted by molar-refractivity contribution is 7.92. The Bertz CT molecular complexity index is 1420. The van der Waals surface area contributed by atoms with E-state index >= 15 is 4.39 Å². The normalized spacial score (nSPS) is 11.7. The fraction of sp³-hybridized carbons (Fsp3) is 0.0952. The molecular formula is C21H17ClFN3O4S. The van der Waals surface area contributed by atoms with Crippen LogP contribution < -0.4 is 10.5 Å². The quantitative estimate of drug-likeness (QED) is 0.403. The number of hydrogen-bond acceptors (Lipinski definition) is 6. The molecule has 0 radical (unpaired) electrons. The van der Waals surface area contributed by atoms with Gasteiger partial charge in [-0.2, -0.15) is 0 Å². The molecule has 0 bridgehead atoms. The number of furan rings is 1. The van der Waals surface area contributed by atoms with E-state index < -0.39 is 22.4 Å². The number of fused-ring (bicyclic) bond motifs is 1. The van der Waals surface area contributed by atoms with Gasteiger partial charge in [-0.25, -0.2) is 17.8 Å². The standard InChI is InChI=1S/C21H17ClFN3O4S/c1-11-7-12(9-27)19(22)17(8-11)31(28,29)26-15-4-2-3-13(20(15)23)14-10-30-16-5-6-25-21(24)18(14)16/h2-8,10,26-27H,9H2,1H3,(H2,24,25). The first kappa shape index (κ1) is 21.1. The van der Waals surface area contributed by atoms with Crippen molar-refractivity contribution in [3.8, 4) is 11.1 Å². The summed E-state index contributed by atoms with van der Waals surface area (Å²) in [5.41, 5.74) is 7.33. The molecule has 0 saturated heterocycles. The molecule has 10 heteroatoms. The molecule has 0 aliphatic heterocycles. The molecule has 2 aromatic heterocycles. The minimum Gasteiger partial charge on any atom is -0.463 e. The molecule has 0 spiro atoms. The van der Waals surface area contributed by atoms with Gasteiger partial charge >= 0.3 is 0 Å². The molecule has 0 saturated carbocycles. The Kier molecular flexibility index (Phi) is 5.34. The number of nitrogens with two attached hydrogens (primary N) is 1. The zero-order valence-corrected chi connectivity index (χ0v) is 17.8. The maximum Gasteiger partial charge on any atom is 0.263 e. The molecule has 4 aromatic rings. The number of benzene rings is 2. The zero-order chi connectivity index (χ0) is 22.3. The molecule has 0 fully saturated rings. The number of nitrogens with zero attached hydrogens (tertiary/aromatic N) is 1. The van der Waals surface area contributed by atoms with Gasteiger partial charge < -0.3 is 15.3 Å². The number of aliphatic hydroxyl groups excluding tert-OH is 1. The number of hydrogen-bond donors (Lipinski definition) is 3. The van der Waals surface area contributed by atoms with E-state index in [2.05, 4.69) is 9.71 Å². The highest BCUT2D eigenvalue weighted by Crippen LogP contribution is 2.37. The Morgan fingerprint density at radius 2 is 2.03 bits per heavy atom. The monoisotopic (exact) mass is 461 g/mol. The number of aryl methyl sites for hydroxylation is 1. The van der Waals surface area contributed by atoms with Crippen LogP contribution in [0.4, 0.5) is 15.9 Å². The van der Waals surface area contributed by atoms with Gasteiger partial charge in [0.15, 0.2) is 5.82 Å². The maximum atomic E-state index is 15.4. The third-order valence-electron chi connectivity index (χ3n) is 4.77. The van der Waals surface area contributed by atoms with Gasteiger partial charge in [-0.05, 0) is 36.2 Å². The van der Waals surface area contributed by atoms with Gasteiger partial charge in [-0.15, -0.1) is 0 Å². The van der Waals surface area contributed by atoms with Crippen LogP contribution in [0.1, 0.15) is 11.1 Å². The number of pyridine rings is 1. The number of aromatic nitrogens is 1. The molecule has 0 aliphatic carbocycles. The number of anilines is 2. The Balaban J connectivity index is 1.80. The lowest BCUT2D eigenvalue weighted by Crippen LogP contribution is -2.15. The van der Waals surface area contributed by atoms with Crippen molar-refractivity contribution >= 4 is 44.1 Å². The molecule has 2 heterocycles. The van der Waals surface area contributed by atoms with E-state index in [0.29, 0.717) is 22.1 Å². The minimum absolute atomic E-state index is 0.0880. The van der Waals surface area contributed by atoms with Crippen LogP contribution in [0.15, 0.2) is 58.2 Å². The Morgan fingerprint density at radius 3 is 2.77 bits per heavy atom. The third kappa shape index (κ3) is 3.71. The number of halogens is 2. The van der Waals surface area contributed by atoms with Gasteiger partial charge in [0.25, 0.3) is 10.0 Å². The molecule has 31 heavy (non-hydrogen) atoms. The highest BCUT2D eigenvalue weighted by atomic mass is 35.5. The van der Waals surface area contributed by atoms with E-state index in [0.717, 1.165) is 0 Å². The summed E-state index contributed by atoms with van der Waals surface area (Å²) in [5, 5.41) is 9.73. The van der Waals surface area contributed by atoms with E-state index in [1.54, 1.807) is 19.1 Å². The Labute approximate surface area is 182 Å². The van der Waals surface area contributed by atoms with Crippen LogP contribution >= 0.6 is 11.6 Å². The van der Waals surface area contributed by atoms with Crippen molar-refractivity contribution in [2.45, 2.75) is 18.4 Å². The summed E-state index contributed by atoms with van der Waals surface area (Å²) in [6.07, 6.45) is 2.81. The molecular weight excluding hydrogens is 445 g/mol. The van der Waals surface area contributed by atoms with E-state index in [1.807, 2.05) is 0 Å². The van der Waals surface area contributed by atoms with Gasteiger partial charge in [0.1, 0.15) is 16.3 Å². The average molecular weight is 462 g/mol. The summed E-state index contributed by atoms with van der Waals surface area (Å²) < 4.78 is 49.0. The molecule has 4 N–H and O–H groups in total. The van der Waals surface area contributed by atoms with Crippen molar-refractivity contribution in [1.82, 2.24) is 4.98 Å². The van der Waals surface area contributed by atoms with Crippen LogP contribution in [0.5, 0.6) is 0 Å². The summed E-state index contributed by atoms with van der Waals surface area (Å²) in [6.45, 7) is 1.23. The zero-order valence-electron chi connectivity index (χ0n) is 16.2. The largest absolute Gasteiger partial charge is 0.463 e. The van der Waals surface area contributed by atoms with Crippen LogP contribution in [0, 0.1) is 12.7 Å². The lowest BCUT2D eigenvalue weighted by Gasteiger charge is -2.14. The Hall–Kier alpha value is -3.14. The second-order valence-corrected chi connectivity index (χ2v) is 8.91. The van der Waals surface area contributed by atoms with Gasteiger partial charge in [-0.3, -0.25) is 4.72 Å². The first-order valence-electron chi connectivity index (χ1n) is 9.06. The molecule has 0 unspecified atom stereocenters. The first-order valence-corrected chi connectivity index (χ1v) is 10.9. The van der Waals surface area contributed by atoms with E-state index in [4.69, 9.17) is 21.8 Å². The van der Waals surface area contributed by atoms with Crippen molar-refractivity contribution < 1.29 is 22.3 Å². The minimum atomic E-state index is -4.25. The van der Waals surface area contributed by atoms with Crippen molar-refractivity contribution in [2.24, 2.45) is 0 Å². The van der Waals surface area contributed by atoms with Crippen molar-refractivity contribution in [3.63, 3.8) is 0 Å². The maximum absolute atomic E-state index is 15.4. The van der Waals surface area contributed by atoms with Gasteiger partial charge in [0.2, 0.25) is 0 Å². The number of rotatable bonds is 5. The summed E-state index contributed by atoms with van der Waals surface area (Å²) in [4.78, 5) is 3.74. The Morgan fingerprint density at radius 1 is 1.26 bits per heavy atom. The van der Waals surface area contributed by atoms with Gasteiger partial charge in [0.05, 0.1) is 29.0 Å². The van der Waals surface area contributed by atoms with Crippen LogP contribution in [0.25, 0.3) is 22.1 Å². The van der Waals surface area contributed by atoms with Crippen LogP contribution in [0.2, 0.25) is 5.02 Å². The molecule has 0 atom stereocenters. The number of nitrogens with one attached hydrogen (secondary N) is 1. The summed E-state index contributed by atoms with van der Waals surface area (Å²) in [5.74, 6) is -0.655. The summed E-state index contributed by atoms with van der Waals surface area (Å²) in [6, 6.07) is 8.79. The second-order valence-electron chi connectivity index (χ2n) is 6.89.